The van der Waals surface area contributed by atoms with Gasteiger partial charge < -0.3 is 10.5 Å². The van der Waals surface area contributed by atoms with Gasteiger partial charge in [-0.05, 0) is 36.4 Å². The van der Waals surface area contributed by atoms with Gasteiger partial charge in [-0.2, -0.15) is 10.4 Å². The van der Waals surface area contributed by atoms with Crippen molar-refractivity contribution in [2.75, 3.05) is 5.43 Å². The van der Waals surface area contributed by atoms with Crippen LogP contribution in [0.15, 0.2) is 53.6 Å². The van der Waals surface area contributed by atoms with E-state index in [2.05, 4.69) is 10.5 Å². The fourth-order valence-electron chi connectivity index (χ4n) is 1.54. The first-order chi connectivity index (χ1) is 10.6. The van der Waals surface area contributed by atoms with Crippen molar-refractivity contribution in [3.05, 3.63) is 53.6 Å². The quantitative estimate of drug-likeness (QED) is 0.447. The Morgan fingerprint density at radius 3 is 2.55 bits per heavy atom. The Labute approximate surface area is 132 Å². The second-order valence-electron chi connectivity index (χ2n) is 4.15. The van der Waals surface area contributed by atoms with Crippen LogP contribution >= 0.6 is 11.6 Å². The topological polar surface area (TPSA) is 107 Å². The Morgan fingerprint density at radius 1 is 1.23 bits per heavy atom. The minimum absolute atomic E-state index is 0.207. The molecule has 7 heteroatoms. The Hall–Kier alpha value is -3.04. The van der Waals surface area contributed by atoms with Crippen molar-refractivity contribution in [2.45, 2.75) is 0 Å². The van der Waals surface area contributed by atoms with Crippen molar-refractivity contribution in [3.63, 3.8) is 0 Å². The van der Waals surface area contributed by atoms with Gasteiger partial charge in [0, 0.05) is 5.02 Å². The average molecular weight is 314 g/mol. The van der Waals surface area contributed by atoms with Crippen molar-refractivity contribution in [1.82, 2.24) is 0 Å². The van der Waals surface area contributed by atoms with E-state index < -0.39 is 5.84 Å². The zero-order valence-corrected chi connectivity index (χ0v) is 12.1. The van der Waals surface area contributed by atoms with Crippen LogP contribution in [0.5, 0.6) is 11.5 Å². The summed E-state index contributed by atoms with van der Waals surface area (Å²) in [7, 11) is 0. The van der Waals surface area contributed by atoms with Crippen molar-refractivity contribution >= 4 is 28.8 Å². The lowest BCUT2D eigenvalue weighted by molar-refractivity contribution is 0.484. The molecule has 0 aliphatic carbocycles. The van der Waals surface area contributed by atoms with Gasteiger partial charge in [-0.25, -0.2) is 0 Å². The lowest BCUT2D eigenvalue weighted by Crippen LogP contribution is -2.21. The van der Waals surface area contributed by atoms with Crippen LogP contribution in [0.2, 0.25) is 5.02 Å². The molecular formula is C15H12ClN5O. The molecule has 110 valence electrons. The molecule has 4 N–H and O–H groups in total. The number of nitriles is 1. The minimum atomic E-state index is -0.411. The van der Waals surface area contributed by atoms with Gasteiger partial charge in [0.15, 0.2) is 11.6 Å². The summed E-state index contributed by atoms with van der Waals surface area (Å²) in [4.78, 5) is 0. The molecule has 0 saturated heterocycles. The van der Waals surface area contributed by atoms with Crippen LogP contribution in [0.25, 0.3) is 0 Å². The second-order valence-corrected chi connectivity index (χ2v) is 4.59. The van der Waals surface area contributed by atoms with E-state index in [4.69, 9.17) is 32.7 Å². The van der Waals surface area contributed by atoms with Crippen LogP contribution in [0.4, 0.5) is 5.69 Å². The molecule has 0 unspecified atom stereocenters. The molecule has 0 aliphatic rings. The molecule has 2 aromatic rings. The Morgan fingerprint density at radius 2 is 1.91 bits per heavy atom. The van der Waals surface area contributed by atoms with Crippen LogP contribution in [-0.2, 0) is 0 Å². The summed E-state index contributed by atoms with van der Waals surface area (Å²) in [5.41, 5.74) is 8.23. The van der Waals surface area contributed by atoms with E-state index in [1.54, 1.807) is 54.6 Å². The highest BCUT2D eigenvalue weighted by Crippen LogP contribution is 2.29. The number of nitrogens with one attached hydrogen (secondary N) is 2. The number of ether oxygens (including phenoxy) is 1. The molecule has 2 rings (SSSR count). The first kappa shape index (κ1) is 15.4. The monoisotopic (exact) mass is 313 g/mol. The lowest BCUT2D eigenvalue weighted by atomic mass is 10.3. The van der Waals surface area contributed by atoms with Gasteiger partial charge in [0.25, 0.3) is 0 Å². The smallest absolute Gasteiger partial charge is 0.201 e. The molecule has 0 bridgehead atoms. The number of hydrogen-bond donors (Lipinski definition) is 3. The maximum absolute atomic E-state index is 8.82. The summed E-state index contributed by atoms with van der Waals surface area (Å²) in [6.45, 7) is 0. The molecule has 0 aromatic heterocycles. The molecule has 0 heterocycles. The molecule has 2 aromatic carbocycles. The average Bonchev–Trinajstić information content (AvgIpc) is 2.51. The molecule has 0 fully saturated rings. The van der Waals surface area contributed by atoms with E-state index in [9.17, 15) is 0 Å². The number of halogens is 1. The maximum Gasteiger partial charge on any atom is 0.201 e. The number of hydrazone groups is 1. The third-order valence-corrected chi connectivity index (χ3v) is 2.83. The number of benzene rings is 2. The van der Waals surface area contributed by atoms with Crippen molar-refractivity contribution < 1.29 is 4.74 Å². The number of nitrogens with zero attached hydrogens (tertiary/aromatic N) is 2. The SMILES string of the molecule is N#C/C(=N\Nc1ccccc1Oc1ccc(Cl)cc1)C(=N)N. The van der Waals surface area contributed by atoms with Gasteiger partial charge in [0.05, 0.1) is 5.69 Å². The second kappa shape index (κ2) is 7.11. The first-order valence-electron chi connectivity index (χ1n) is 6.21. The van der Waals surface area contributed by atoms with Gasteiger partial charge in [-0.1, -0.05) is 23.7 Å². The Balaban J connectivity index is 2.22. The summed E-state index contributed by atoms with van der Waals surface area (Å²) in [5.74, 6) is 0.704. The fraction of sp³-hybridized carbons (Fsp3) is 0. The van der Waals surface area contributed by atoms with E-state index in [1.807, 2.05) is 0 Å². The largest absolute Gasteiger partial charge is 0.455 e. The highest BCUT2D eigenvalue weighted by atomic mass is 35.5. The number of rotatable bonds is 5. The standard InChI is InChI=1S/C15H12ClN5O/c16-10-5-7-11(8-6-10)22-14-4-2-1-3-12(14)20-21-13(9-17)15(18)19/h1-8,20H,(H3,18,19)/b21-13+. The molecule has 0 radical (unpaired) electrons. The van der Waals surface area contributed by atoms with Crippen molar-refractivity contribution in [3.8, 4) is 17.6 Å². The van der Waals surface area contributed by atoms with E-state index >= 15 is 0 Å². The summed E-state index contributed by atoms with van der Waals surface area (Å²) >= 11 is 5.83. The molecule has 0 atom stereocenters. The predicted molar refractivity (Wildman–Crippen MR) is 86.6 cm³/mol. The number of nitrogens with two attached hydrogens (primary N) is 1. The van der Waals surface area contributed by atoms with Crippen molar-refractivity contribution in [2.24, 2.45) is 10.8 Å². The fourth-order valence-corrected chi connectivity index (χ4v) is 1.67. The zero-order chi connectivity index (χ0) is 15.9. The molecule has 22 heavy (non-hydrogen) atoms. The summed E-state index contributed by atoms with van der Waals surface area (Å²) in [6, 6.07) is 15.7. The number of para-hydroxylation sites is 2. The first-order valence-corrected chi connectivity index (χ1v) is 6.58. The van der Waals surface area contributed by atoms with E-state index in [-0.39, 0.29) is 5.71 Å². The highest BCUT2D eigenvalue weighted by Gasteiger charge is 2.06. The van der Waals surface area contributed by atoms with Gasteiger partial charge in [-0.3, -0.25) is 10.8 Å². The number of hydrogen-bond acceptors (Lipinski definition) is 5. The molecule has 6 nitrogen and oxygen atoms in total. The van der Waals surface area contributed by atoms with E-state index in [1.165, 1.54) is 0 Å². The normalized spacial score (nSPS) is 10.6. The van der Waals surface area contributed by atoms with E-state index in [0.29, 0.717) is 22.2 Å². The summed E-state index contributed by atoms with van der Waals surface area (Å²) in [5, 5.41) is 20.4. The van der Waals surface area contributed by atoms with Crippen LogP contribution in [0, 0.1) is 16.7 Å². The third kappa shape index (κ3) is 3.98. The van der Waals surface area contributed by atoms with Gasteiger partial charge in [0.2, 0.25) is 5.71 Å². The lowest BCUT2D eigenvalue weighted by Gasteiger charge is -2.10. The number of anilines is 1. The van der Waals surface area contributed by atoms with Crippen LogP contribution in [0.1, 0.15) is 0 Å². The molecular weight excluding hydrogens is 302 g/mol. The number of amidine groups is 1. The Kier molecular flexibility index (Phi) is 4.96. The summed E-state index contributed by atoms with van der Waals surface area (Å²) < 4.78 is 5.73. The molecule has 0 amide bonds. The van der Waals surface area contributed by atoms with Gasteiger partial charge >= 0.3 is 0 Å². The summed E-state index contributed by atoms with van der Waals surface area (Å²) in [6.07, 6.45) is 0. The van der Waals surface area contributed by atoms with Crippen LogP contribution in [-0.4, -0.2) is 11.5 Å². The van der Waals surface area contributed by atoms with Crippen LogP contribution < -0.4 is 15.9 Å². The van der Waals surface area contributed by atoms with Crippen molar-refractivity contribution in [1.29, 1.82) is 10.7 Å². The maximum atomic E-state index is 8.82. The van der Waals surface area contributed by atoms with E-state index in [0.717, 1.165) is 0 Å². The molecule has 0 spiro atoms. The zero-order valence-electron chi connectivity index (χ0n) is 11.4. The Bertz CT molecular complexity index is 749. The molecule has 0 aliphatic heterocycles. The third-order valence-electron chi connectivity index (χ3n) is 2.58. The highest BCUT2D eigenvalue weighted by molar-refractivity contribution is 6.45. The van der Waals surface area contributed by atoms with Gasteiger partial charge in [0.1, 0.15) is 11.8 Å². The molecule has 0 saturated carbocycles. The minimum Gasteiger partial charge on any atom is -0.455 e. The van der Waals surface area contributed by atoms with Crippen LogP contribution in [0.3, 0.4) is 0 Å². The van der Waals surface area contributed by atoms with Gasteiger partial charge in [-0.15, -0.1) is 0 Å². The predicted octanol–water partition coefficient (Wildman–Crippen LogP) is 3.36.